The monoisotopic (exact) mass is 512 g/mol. The lowest BCUT2D eigenvalue weighted by Gasteiger charge is -2.10. The number of carboxylic acid groups (broad SMARTS) is 1. The van der Waals surface area contributed by atoms with Crippen LogP contribution in [0.2, 0.25) is 10.0 Å². The van der Waals surface area contributed by atoms with Gasteiger partial charge in [0.25, 0.3) is 5.91 Å². The van der Waals surface area contributed by atoms with Gasteiger partial charge in [0.15, 0.2) is 5.17 Å². The molecule has 9 heteroatoms. The molecule has 1 aliphatic heterocycles. The van der Waals surface area contributed by atoms with Crippen LogP contribution in [0, 0.1) is 0 Å². The van der Waals surface area contributed by atoms with Crippen molar-refractivity contribution in [2.75, 3.05) is 7.05 Å². The molecule has 1 fully saturated rings. The Morgan fingerprint density at radius 1 is 1.09 bits per heavy atom. The van der Waals surface area contributed by atoms with E-state index >= 15 is 0 Å². The smallest absolute Gasteiger partial charge is 0.335 e. The van der Waals surface area contributed by atoms with E-state index in [0.29, 0.717) is 31.6 Å². The number of amides is 1. The minimum absolute atomic E-state index is 0.171. The van der Waals surface area contributed by atoms with Crippen molar-refractivity contribution < 1.29 is 19.4 Å². The number of carbonyl (C=O) groups excluding carboxylic acids is 1. The van der Waals surface area contributed by atoms with Gasteiger partial charge < -0.3 is 9.84 Å². The number of thioether (sulfide) groups is 1. The molecule has 1 heterocycles. The number of rotatable bonds is 6. The number of ether oxygens (including phenoxy) is 1. The first kappa shape index (κ1) is 23.9. The van der Waals surface area contributed by atoms with Crippen molar-refractivity contribution >= 4 is 63.8 Å². The zero-order chi connectivity index (χ0) is 24.2. The molecule has 172 valence electrons. The Morgan fingerprint density at radius 3 is 2.50 bits per heavy atom. The van der Waals surface area contributed by atoms with E-state index in [-0.39, 0.29) is 18.1 Å². The third-order valence-electron chi connectivity index (χ3n) is 4.94. The fourth-order valence-electron chi connectivity index (χ4n) is 3.09. The van der Waals surface area contributed by atoms with Crippen molar-refractivity contribution in [3.05, 3.63) is 98.4 Å². The second-order valence-electron chi connectivity index (χ2n) is 7.29. The molecule has 34 heavy (non-hydrogen) atoms. The van der Waals surface area contributed by atoms with E-state index in [1.807, 2.05) is 24.3 Å². The molecular weight excluding hydrogens is 495 g/mol. The van der Waals surface area contributed by atoms with E-state index in [9.17, 15) is 9.59 Å². The third kappa shape index (κ3) is 5.44. The average Bonchev–Trinajstić information content (AvgIpc) is 3.07. The van der Waals surface area contributed by atoms with Crippen LogP contribution in [-0.2, 0) is 11.4 Å². The maximum atomic E-state index is 12.7. The summed E-state index contributed by atoms with van der Waals surface area (Å²) in [4.78, 5) is 30.1. The molecule has 1 aliphatic rings. The number of carbonyl (C=O) groups is 2. The Morgan fingerprint density at radius 2 is 1.82 bits per heavy atom. The number of nitrogens with zero attached hydrogens (tertiary/aromatic N) is 2. The summed E-state index contributed by atoms with van der Waals surface area (Å²) in [6.45, 7) is 0.284. The normalized spacial score (nSPS) is 15.9. The van der Waals surface area contributed by atoms with E-state index in [4.69, 9.17) is 33.0 Å². The molecule has 0 spiro atoms. The molecule has 3 aromatic carbocycles. The van der Waals surface area contributed by atoms with Gasteiger partial charge in [0.1, 0.15) is 12.4 Å². The number of hydrogen-bond acceptors (Lipinski definition) is 5. The molecule has 3 aromatic rings. The first-order valence-corrected chi connectivity index (χ1v) is 11.6. The van der Waals surface area contributed by atoms with Gasteiger partial charge in [-0.2, -0.15) is 0 Å². The van der Waals surface area contributed by atoms with E-state index in [2.05, 4.69) is 4.99 Å². The van der Waals surface area contributed by atoms with Gasteiger partial charge in [0, 0.05) is 17.6 Å². The van der Waals surface area contributed by atoms with Crippen LogP contribution < -0.4 is 4.74 Å². The van der Waals surface area contributed by atoms with Crippen LogP contribution in [0.5, 0.6) is 5.75 Å². The maximum absolute atomic E-state index is 12.7. The maximum Gasteiger partial charge on any atom is 0.335 e. The summed E-state index contributed by atoms with van der Waals surface area (Å²) < 4.78 is 5.80. The molecule has 6 nitrogen and oxygen atoms in total. The van der Waals surface area contributed by atoms with Crippen molar-refractivity contribution in [3.8, 4) is 5.75 Å². The Hall–Kier alpha value is -3.26. The van der Waals surface area contributed by atoms with Crippen LogP contribution in [0.1, 0.15) is 21.5 Å². The highest BCUT2D eigenvalue weighted by Crippen LogP contribution is 2.34. The van der Waals surface area contributed by atoms with Crippen molar-refractivity contribution in [2.24, 2.45) is 4.99 Å². The largest absolute Gasteiger partial charge is 0.487 e. The molecule has 1 saturated heterocycles. The molecule has 0 atom stereocenters. The standard InChI is InChI=1S/C25H18Cl2N2O4S/c1-29-23(30)22(34-25(29)28-18-9-7-16(8-10-18)24(31)32)13-15-6-11-21(20(27)12-15)33-14-17-4-2-3-5-19(17)26/h2-13H,14H2,1H3,(H,31,32). The molecular formula is C25H18Cl2N2O4S. The van der Waals surface area contributed by atoms with Crippen LogP contribution in [0.15, 0.2) is 76.6 Å². The van der Waals surface area contributed by atoms with Gasteiger partial charge in [-0.1, -0.05) is 47.5 Å². The van der Waals surface area contributed by atoms with Crippen LogP contribution >= 0.6 is 35.0 Å². The summed E-state index contributed by atoms with van der Waals surface area (Å²) in [5.74, 6) is -0.690. The Kier molecular flexibility index (Phi) is 7.26. The minimum atomic E-state index is -1.01. The number of carboxylic acids is 1. The summed E-state index contributed by atoms with van der Waals surface area (Å²) in [7, 11) is 1.64. The lowest BCUT2D eigenvalue weighted by molar-refractivity contribution is -0.121. The molecule has 0 saturated carbocycles. The molecule has 1 amide bonds. The number of hydrogen-bond donors (Lipinski definition) is 1. The summed E-state index contributed by atoms with van der Waals surface area (Å²) in [6, 6.07) is 18.8. The molecule has 0 aliphatic carbocycles. The first-order valence-electron chi connectivity index (χ1n) is 10.1. The number of amidine groups is 1. The van der Waals surface area contributed by atoms with Gasteiger partial charge in [-0.05, 0) is 65.9 Å². The zero-order valence-corrected chi connectivity index (χ0v) is 20.2. The second-order valence-corrected chi connectivity index (χ2v) is 9.11. The fourth-order valence-corrected chi connectivity index (χ4v) is 4.51. The molecule has 0 bridgehead atoms. The zero-order valence-electron chi connectivity index (χ0n) is 17.9. The number of aliphatic imine (C=N–C) groups is 1. The highest BCUT2D eigenvalue weighted by molar-refractivity contribution is 8.18. The summed E-state index contributed by atoms with van der Waals surface area (Å²) in [5.41, 5.74) is 2.32. The molecule has 0 unspecified atom stereocenters. The van der Waals surface area contributed by atoms with Gasteiger partial charge in [-0.25, -0.2) is 9.79 Å². The van der Waals surface area contributed by atoms with Gasteiger partial charge >= 0.3 is 5.97 Å². The summed E-state index contributed by atoms with van der Waals surface area (Å²) in [5, 5.41) is 10.5. The van der Waals surface area contributed by atoms with Crippen molar-refractivity contribution in [2.45, 2.75) is 6.61 Å². The van der Waals surface area contributed by atoms with Crippen LogP contribution in [0.4, 0.5) is 5.69 Å². The summed E-state index contributed by atoms with van der Waals surface area (Å²) in [6.07, 6.45) is 1.74. The van der Waals surface area contributed by atoms with E-state index in [1.165, 1.54) is 28.8 Å². The minimum Gasteiger partial charge on any atom is -0.487 e. The average molecular weight is 513 g/mol. The van der Waals surface area contributed by atoms with Crippen molar-refractivity contribution in [1.29, 1.82) is 0 Å². The molecule has 0 aromatic heterocycles. The predicted octanol–water partition coefficient (Wildman–Crippen LogP) is 6.50. The summed E-state index contributed by atoms with van der Waals surface area (Å²) >= 11 is 13.8. The SMILES string of the molecule is CN1C(=O)C(=Cc2ccc(OCc3ccccc3Cl)c(Cl)c2)SC1=Nc1ccc(C(=O)O)cc1. The fraction of sp³-hybridized carbons (Fsp3) is 0.0800. The van der Waals surface area contributed by atoms with Crippen molar-refractivity contribution in [3.63, 3.8) is 0 Å². The first-order chi connectivity index (χ1) is 16.3. The van der Waals surface area contributed by atoms with Crippen molar-refractivity contribution in [1.82, 2.24) is 4.90 Å². The lowest BCUT2D eigenvalue weighted by Crippen LogP contribution is -2.23. The Labute approximate surface area is 210 Å². The van der Waals surface area contributed by atoms with E-state index in [0.717, 1.165) is 11.1 Å². The topological polar surface area (TPSA) is 79.2 Å². The van der Waals surface area contributed by atoms with E-state index < -0.39 is 5.97 Å². The van der Waals surface area contributed by atoms with Gasteiger partial charge in [-0.15, -0.1) is 0 Å². The predicted molar refractivity (Wildman–Crippen MR) is 136 cm³/mol. The lowest BCUT2D eigenvalue weighted by atomic mass is 10.2. The Bertz CT molecular complexity index is 1320. The quantitative estimate of drug-likeness (QED) is 0.381. The molecule has 1 N–H and O–H groups in total. The van der Waals surface area contributed by atoms with Gasteiger partial charge in [0.05, 0.1) is 21.2 Å². The highest BCUT2D eigenvalue weighted by atomic mass is 35.5. The van der Waals surface area contributed by atoms with E-state index in [1.54, 1.807) is 43.5 Å². The van der Waals surface area contributed by atoms with Gasteiger partial charge in [-0.3, -0.25) is 9.69 Å². The highest BCUT2D eigenvalue weighted by Gasteiger charge is 2.30. The van der Waals surface area contributed by atoms with Crippen LogP contribution in [-0.4, -0.2) is 34.1 Å². The third-order valence-corrected chi connectivity index (χ3v) is 6.66. The number of benzene rings is 3. The van der Waals surface area contributed by atoms with Gasteiger partial charge in [0.2, 0.25) is 0 Å². The molecule has 4 rings (SSSR count). The van der Waals surface area contributed by atoms with Crippen LogP contribution in [0.25, 0.3) is 6.08 Å². The second kappa shape index (κ2) is 10.3. The number of aromatic carboxylic acids is 1. The van der Waals surface area contributed by atoms with Crippen LogP contribution in [0.3, 0.4) is 0 Å². The number of likely N-dealkylation sites (N-methyl/N-ethyl adjacent to an activating group) is 1. The molecule has 0 radical (unpaired) electrons. The Balaban J connectivity index is 1.49. The number of halogens is 2.